The summed E-state index contributed by atoms with van der Waals surface area (Å²) in [6, 6.07) is 14.7. The fraction of sp³-hybridized carbons (Fsp3) is 0.111. The van der Waals surface area contributed by atoms with E-state index in [-0.39, 0.29) is 27.2 Å². The van der Waals surface area contributed by atoms with Gasteiger partial charge in [-0.3, -0.25) is 4.79 Å². The lowest BCUT2D eigenvalue weighted by Crippen LogP contribution is -2.21. The van der Waals surface area contributed by atoms with E-state index in [0.717, 1.165) is 11.8 Å². The van der Waals surface area contributed by atoms with Gasteiger partial charge in [0.2, 0.25) is 15.7 Å². The summed E-state index contributed by atoms with van der Waals surface area (Å²) in [6.07, 6.45) is 1.69. The standard InChI is InChI=1S/C18H17ClN4O3S2/c1-27-18-16(28(25,26)12-7-3-2-4-8-12)17(20)23(22-18)11-15(24)21-14-10-6-5-9-13(14)19/h2-10H,11,20H2,1H3,(H,21,24). The molecule has 0 unspecified atom stereocenters. The number of nitrogen functional groups attached to an aromatic ring is 1. The molecule has 0 atom stereocenters. The van der Waals surface area contributed by atoms with Crippen molar-refractivity contribution in [1.29, 1.82) is 0 Å². The van der Waals surface area contributed by atoms with Crippen LogP contribution in [0.1, 0.15) is 0 Å². The number of aromatic nitrogens is 2. The van der Waals surface area contributed by atoms with E-state index in [1.807, 2.05) is 0 Å². The Morgan fingerprint density at radius 2 is 1.82 bits per heavy atom. The minimum Gasteiger partial charge on any atom is -0.383 e. The number of hydrogen-bond donors (Lipinski definition) is 2. The first-order chi connectivity index (χ1) is 13.3. The van der Waals surface area contributed by atoms with Crippen molar-refractivity contribution in [2.24, 2.45) is 0 Å². The van der Waals surface area contributed by atoms with Crippen molar-refractivity contribution in [3.63, 3.8) is 0 Å². The number of para-hydroxylation sites is 1. The molecule has 0 aliphatic carbocycles. The smallest absolute Gasteiger partial charge is 0.246 e. The highest BCUT2D eigenvalue weighted by Crippen LogP contribution is 2.33. The van der Waals surface area contributed by atoms with E-state index < -0.39 is 15.7 Å². The zero-order chi connectivity index (χ0) is 20.3. The van der Waals surface area contributed by atoms with Crippen molar-refractivity contribution in [2.75, 3.05) is 17.3 Å². The van der Waals surface area contributed by atoms with E-state index in [9.17, 15) is 13.2 Å². The number of thioether (sulfide) groups is 1. The van der Waals surface area contributed by atoms with Crippen molar-refractivity contribution >= 4 is 50.6 Å². The van der Waals surface area contributed by atoms with Crippen LogP contribution in [0.15, 0.2) is 69.4 Å². The number of anilines is 2. The lowest BCUT2D eigenvalue weighted by atomic mass is 10.3. The van der Waals surface area contributed by atoms with Gasteiger partial charge in [-0.25, -0.2) is 13.1 Å². The van der Waals surface area contributed by atoms with Gasteiger partial charge in [0.15, 0.2) is 0 Å². The third-order valence-electron chi connectivity index (χ3n) is 3.87. The molecule has 0 saturated heterocycles. The quantitative estimate of drug-likeness (QED) is 0.574. The first-order valence-electron chi connectivity index (χ1n) is 8.09. The first-order valence-corrected chi connectivity index (χ1v) is 11.2. The van der Waals surface area contributed by atoms with E-state index in [2.05, 4.69) is 10.4 Å². The highest BCUT2D eigenvalue weighted by atomic mass is 35.5. The summed E-state index contributed by atoms with van der Waals surface area (Å²) in [6.45, 7) is -0.255. The molecule has 2 aromatic carbocycles. The molecule has 28 heavy (non-hydrogen) atoms. The maximum absolute atomic E-state index is 13.0. The molecule has 3 aromatic rings. The molecule has 0 aliphatic rings. The van der Waals surface area contributed by atoms with E-state index in [1.54, 1.807) is 48.7 Å². The lowest BCUT2D eigenvalue weighted by Gasteiger charge is -2.08. The molecule has 0 saturated carbocycles. The zero-order valence-electron chi connectivity index (χ0n) is 14.8. The largest absolute Gasteiger partial charge is 0.383 e. The molecule has 3 rings (SSSR count). The third kappa shape index (κ3) is 4.01. The van der Waals surface area contributed by atoms with Crippen LogP contribution in [0, 0.1) is 0 Å². The second-order valence-electron chi connectivity index (χ2n) is 5.73. The van der Waals surface area contributed by atoms with Gasteiger partial charge in [0.05, 0.1) is 15.6 Å². The van der Waals surface area contributed by atoms with E-state index in [0.29, 0.717) is 10.7 Å². The summed E-state index contributed by atoms with van der Waals surface area (Å²) < 4.78 is 27.2. The molecule has 0 bridgehead atoms. The van der Waals surface area contributed by atoms with Gasteiger partial charge in [-0.2, -0.15) is 5.10 Å². The summed E-state index contributed by atoms with van der Waals surface area (Å²) in [7, 11) is -3.87. The molecule has 3 N–H and O–H groups in total. The van der Waals surface area contributed by atoms with Gasteiger partial charge in [0.1, 0.15) is 22.3 Å². The monoisotopic (exact) mass is 436 g/mol. The Hall–Kier alpha value is -2.49. The summed E-state index contributed by atoms with van der Waals surface area (Å²) in [5.74, 6) is -0.527. The number of nitrogens with one attached hydrogen (secondary N) is 1. The van der Waals surface area contributed by atoms with Gasteiger partial charge in [-0.05, 0) is 30.5 Å². The molecule has 0 spiro atoms. The van der Waals surface area contributed by atoms with Gasteiger partial charge in [0.25, 0.3) is 0 Å². The van der Waals surface area contributed by atoms with Crippen LogP contribution in [-0.2, 0) is 21.2 Å². The Morgan fingerprint density at radius 1 is 1.18 bits per heavy atom. The molecule has 1 aromatic heterocycles. The van der Waals surface area contributed by atoms with Crippen LogP contribution >= 0.6 is 23.4 Å². The van der Waals surface area contributed by atoms with Crippen molar-refractivity contribution in [1.82, 2.24) is 9.78 Å². The van der Waals surface area contributed by atoms with Crippen LogP contribution in [0.3, 0.4) is 0 Å². The summed E-state index contributed by atoms with van der Waals surface area (Å²) in [4.78, 5) is 12.4. The minimum absolute atomic E-state index is 0.0949. The van der Waals surface area contributed by atoms with Gasteiger partial charge in [-0.1, -0.05) is 41.9 Å². The van der Waals surface area contributed by atoms with Crippen LogP contribution in [0.5, 0.6) is 0 Å². The number of nitrogens with two attached hydrogens (primary N) is 1. The summed E-state index contributed by atoms with van der Waals surface area (Å²) in [5.41, 5.74) is 6.52. The minimum atomic E-state index is -3.87. The topological polar surface area (TPSA) is 107 Å². The molecule has 146 valence electrons. The molecule has 0 radical (unpaired) electrons. The number of benzene rings is 2. The number of sulfone groups is 1. The van der Waals surface area contributed by atoms with Crippen LogP contribution in [0.25, 0.3) is 0 Å². The maximum Gasteiger partial charge on any atom is 0.246 e. The Labute approximate surface area is 171 Å². The van der Waals surface area contributed by atoms with Crippen molar-refractivity contribution in [3.05, 3.63) is 59.6 Å². The molecular formula is C18H17ClN4O3S2. The van der Waals surface area contributed by atoms with Gasteiger partial charge in [0, 0.05) is 0 Å². The molecule has 0 aliphatic heterocycles. The Balaban J connectivity index is 1.92. The van der Waals surface area contributed by atoms with Crippen molar-refractivity contribution in [2.45, 2.75) is 21.4 Å². The predicted molar refractivity (Wildman–Crippen MR) is 110 cm³/mol. The number of hydrogen-bond acceptors (Lipinski definition) is 6. The lowest BCUT2D eigenvalue weighted by molar-refractivity contribution is -0.116. The van der Waals surface area contributed by atoms with Crippen molar-refractivity contribution in [3.8, 4) is 0 Å². The molecule has 1 heterocycles. The molecule has 10 heteroatoms. The number of rotatable bonds is 6. The number of carbonyl (C=O) groups is 1. The molecule has 1 amide bonds. The Morgan fingerprint density at radius 3 is 2.46 bits per heavy atom. The van der Waals surface area contributed by atoms with E-state index >= 15 is 0 Å². The molecule has 7 nitrogen and oxygen atoms in total. The first kappa shape index (κ1) is 20.2. The van der Waals surface area contributed by atoms with Gasteiger partial charge >= 0.3 is 0 Å². The average molecular weight is 437 g/mol. The van der Waals surface area contributed by atoms with Gasteiger partial charge < -0.3 is 11.1 Å². The maximum atomic E-state index is 13.0. The highest BCUT2D eigenvalue weighted by molar-refractivity contribution is 7.99. The van der Waals surface area contributed by atoms with Crippen LogP contribution in [0.4, 0.5) is 11.5 Å². The number of nitrogens with zero attached hydrogens (tertiary/aromatic N) is 2. The number of halogens is 1. The van der Waals surface area contributed by atoms with E-state index in [1.165, 1.54) is 16.8 Å². The van der Waals surface area contributed by atoms with Gasteiger partial charge in [-0.15, -0.1) is 11.8 Å². The second kappa shape index (κ2) is 8.26. The second-order valence-corrected chi connectivity index (χ2v) is 8.81. The van der Waals surface area contributed by atoms with Crippen LogP contribution < -0.4 is 11.1 Å². The van der Waals surface area contributed by atoms with Crippen molar-refractivity contribution < 1.29 is 13.2 Å². The number of carbonyl (C=O) groups excluding carboxylic acids is 1. The molecule has 0 fully saturated rings. The summed E-state index contributed by atoms with van der Waals surface area (Å²) in [5, 5.41) is 7.48. The van der Waals surface area contributed by atoms with Crippen LogP contribution in [-0.4, -0.2) is 30.4 Å². The number of amides is 1. The predicted octanol–water partition coefficient (Wildman–Crippen LogP) is 3.31. The molecular weight excluding hydrogens is 420 g/mol. The fourth-order valence-electron chi connectivity index (χ4n) is 2.55. The SMILES string of the molecule is CSc1nn(CC(=O)Nc2ccccc2Cl)c(N)c1S(=O)(=O)c1ccccc1. The van der Waals surface area contributed by atoms with E-state index in [4.69, 9.17) is 17.3 Å². The Kier molecular flexibility index (Phi) is 5.97. The zero-order valence-corrected chi connectivity index (χ0v) is 17.2. The Bertz CT molecular complexity index is 1120. The average Bonchev–Trinajstić information content (AvgIpc) is 3.00. The normalized spacial score (nSPS) is 11.4. The highest BCUT2D eigenvalue weighted by Gasteiger charge is 2.29. The third-order valence-corrected chi connectivity index (χ3v) is 6.84. The van der Waals surface area contributed by atoms with Crippen LogP contribution in [0.2, 0.25) is 5.02 Å². The fourth-order valence-corrected chi connectivity index (χ4v) is 5.18. The summed E-state index contributed by atoms with van der Waals surface area (Å²) >= 11 is 7.18.